The van der Waals surface area contributed by atoms with Crippen LogP contribution in [0.1, 0.15) is 16.7 Å². The van der Waals surface area contributed by atoms with Gasteiger partial charge in [-0.3, -0.25) is 0 Å². The molecule has 0 spiro atoms. The van der Waals surface area contributed by atoms with Gasteiger partial charge in [-0.1, -0.05) is 48.5 Å². The van der Waals surface area contributed by atoms with E-state index in [2.05, 4.69) is 24.3 Å². The normalized spacial score (nSPS) is 22.1. The number of fused-ring (bicyclic) bond motifs is 6. The number of pyridine rings is 1. The van der Waals surface area contributed by atoms with Crippen molar-refractivity contribution in [2.75, 3.05) is 4.81 Å². The van der Waals surface area contributed by atoms with Gasteiger partial charge in [-0.2, -0.15) is 0 Å². The van der Waals surface area contributed by atoms with Crippen LogP contribution >= 0.6 is 0 Å². The molecule has 4 nitrogen and oxygen atoms in total. The van der Waals surface area contributed by atoms with Crippen LogP contribution < -0.4 is 9.29 Å². The van der Waals surface area contributed by atoms with Gasteiger partial charge in [0.2, 0.25) is 5.84 Å². The standard InChI is InChI=1S/C23H16BFN4/c25-24-27-14-4-3-12-21(27)26-22-13-6-11-20(28(22)24)18-9-5-8-17-15-16-7-1-2-10-19(16)29(24)23(17)18/h1-14H,15H2. The molecule has 0 fully saturated rings. The molecule has 5 heterocycles. The molecule has 0 saturated heterocycles. The summed E-state index contributed by atoms with van der Waals surface area (Å²) < 4.78 is 19.4. The zero-order valence-corrected chi connectivity index (χ0v) is 15.5. The fourth-order valence-electron chi connectivity index (χ4n) is 5.25. The maximum absolute atomic E-state index is 17.7. The van der Waals surface area contributed by atoms with Gasteiger partial charge in [-0.15, -0.1) is 0 Å². The third kappa shape index (κ3) is 1.71. The van der Waals surface area contributed by atoms with Gasteiger partial charge < -0.3 is 18.4 Å². The molecule has 29 heavy (non-hydrogen) atoms. The van der Waals surface area contributed by atoms with E-state index in [1.807, 2.05) is 59.4 Å². The van der Waals surface area contributed by atoms with Crippen LogP contribution in [-0.4, -0.2) is 17.5 Å². The van der Waals surface area contributed by atoms with Gasteiger partial charge >= 0.3 is 6.83 Å². The lowest BCUT2D eigenvalue weighted by molar-refractivity contribution is -0.550. The molecule has 1 aromatic heterocycles. The van der Waals surface area contributed by atoms with Gasteiger partial charge in [0.15, 0.2) is 0 Å². The molecule has 1 atom stereocenters. The predicted octanol–water partition coefficient (Wildman–Crippen LogP) is 4.24. The molecule has 6 heteroatoms. The second kappa shape index (κ2) is 5.03. The molecule has 7 rings (SSSR count). The highest BCUT2D eigenvalue weighted by atomic mass is 19.1. The molecule has 0 N–H and O–H groups in total. The van der Waals surface area contributed by atoms with Gasteiger partial charge in [0.05, 0.1) is 0 Å². The number of rotatable bonds is 0. The monoisotopic (exact) mass is 378 g/mol. The van der Waals surface area contributed by atoms with Crippen LogP contribution in [0.4, 0.5) is 21.5 Å². The van der Waals surface area contributed by atoms with Gasteiger partial charge in [-0.25, -0.2) is 0 Å². The Labute approximate surface area is 167 Å². The molecule has 4 aliphatic heterocycles. The van der Waals surface area contributed by atoms with Crippen molar-refractivity contribution in [3.63, 3.8) is 0 Å². The van der Waals surface area contributed by atoms with Crippen molar-refractivity contribution in [2.45, 2.75) is 6.42 Å². The Hall–Kier alpha value is -3.67. The van der Waals surface area contributed by atoms with E-state index in [0.717, 1.165) is 40.2 Å². The summed E-state index contributed by atoms with van der Waals surface area (Å²) in [5.74, 6) is 1.26. The van der Waals surface area contributed by atoms with Crippen molar-refractivity contribution >= 4 is 35.6 Å². The fourth-order valence-corrected chi connectivity index (χ4v) is 5.25. The average Bonchev–Trinajstić information content (AvgIpc) is 2.76. The van der Waals surface area contributed by atoms with Crippen LogP contribution in [0.15, 0.2) is 90.1 Å². The smallest absolute Gasteiger partial charge is 0.426 e. The summed E-state index contributed by atoms with van der Waals surface area (Å²) in [6.07, 6.45) is 8.46. The summed E-state index contributed by atoms with van der Waals surface area (Å²) in [6, 6.07) is 20.1. The van der Waals surface area contributed by atoms with E-state index < -0.39 is 6.83 Å². The Morgan fingerprint density at radius 3 is 2.76 bits per heavy atom. The first kappa shape index (κ1) is 15.3. The molecular weight excluding hydrogens is 362 g/mol. The molecule has 0 radical (unpaired) electrons. The molecule has 1 unspecified atom stereocenters. The summed E-state index contributed by atoms with van der Waals surface area (Å²) in [5, 5.41) is 0. The number of aliphatic imine (C=N–C) groups is 1. The highest BCUT2D eigenvalue weighted by Gasteiger charge is 2.59. The minimum Gasteiger partial charge on any atom is -0.426 e. The maximum Gasteiger partial charge on any atom is 0.573 e. The molecule has 3 aromatic rings. The molecule has 4 aliphatic rings. The molecule has 0 bridgehead atoms. The maximum atomic E-state index is 17.7. The van der Waals surface area contributed by atoms with Gasteiger partial charge in [0.1, 0.15) is 0 Å². The number of amidine groups is 1. The van der Waals surface area contributed by atoms with Crippen LogP contribution in [0.2, 0.25) is 0 Å². The zero-order valence-electron chi connectivity index (χ0n) is 15.5. The Bertz CT molecular complexity index is 1330. The van der Waals surface area contributed by atoms with E-state index in [1.54, 1.807) is 15.5 Å². The van der Waals surface area contributed by atoms with Crippen LogP contribution in [0.25, 0.3) is 5.70 Å². The number of aromatic nitrogens is 1. The number of anilines is 2. The summed E-state index contributed by atoms with van der Waals surface area (Å²) in [7, 11) is 0. The van der Waals surface area contributed by atoms with Crippen molar-refractivity contribution in [2.24, 2.45) is 4.99 Å². The summed E-state index contributed by atoms with van der Waals surface area (Å²) in [6.45, 7) is -2.86. The predicted molar refractivity (Wildman–Crippen MR) is 113 cm³/mol. The van der Waals surface area contributed by atoms with Crippen molar-refractivity contribution in [3.05, 3.63) is 102 Å². The molecule has 2 aromatic carbocycles. The van der Waals surface area contributed by atoms with Gasteiger partial charge in [0, 0.05) is 47.4 Å². The highest BCUT2D eigenvalue weighted by molar-refractivity contribution is 6.73. The van der Waals surface area contributed by atoms with E-state index in [4.69, 9.17) is 4.99 Å². The topological polar surface area (TPSA) is 22.7 Å². The number of nitrogens with zero attached hydrogens (tertiary/aromatic N) is 4. The van der Waals surface area contributed by atoms with Crippen LogP contribution in [0.3, 0.4) is 0 Å². The number of halogens is 1. The van der Waals surface area contributed by atoms with Crippen LogP contribution in [0.5, 0.6) is 0 Å². The van der Waals surface area contributed by atoms with E-state index >= 15 is 4.32 Å². The SMILES string of the molecule is F[B-]12N3C(=CC=CC3=Nc3cccc[n+]31)c1cccc3c1N2c1ccccc1C3. The van der Waals surface area contributed by atoms with Gasteiger partial charge in [0.25, 0.3) is 5.82 Å². The van der Waals surface area contributed by atoms with Crippen molar-refractivity contribution < 1.29 is 8.79 Å². The Kier molecular flexibility index (Phi) is 2.65. The first-order valence-corrected chi connectivity index (χ1v) is 9.88. The molecule has 138 valence electrons. The molecule has 0 amide bonds. The summed E-state index contributed by atoms with van der Waals surface area (Å²) in [4.78, 5) is 8.45. The largest absolute Gasteiger partial charge is 0.573 e. The Morgan fingerprint density at radius 2 is 1.79 bits per heavy atom. The summed E-state index contributed by atoms with van der Waals surface area (Å²) in [5.41, 5.74) is 6.09. The van der Waals surface area contributed by atoms with E-state index in [0.29, 0.717) is 11.7 Å². The number of hydrogen-bond donors (Lipinski definition) is 0. The highest BCUT2D eigenvalue weighted by Crippen LogP contribution is 2.52. The first-order valence-electron chi connectivity index (χ1n) is 9.88. The zero-order chi connectivity index (χ0) is 19.2. The van der Waals surface area contributed by atoms with Crippen LogP contribution in [-0.2, 0) is 6.42 Å². The Balaban J connectivity index is 1.67. The lowest BCUT2D eigenvalue weighted by atomic mass is 9.68. The van der Waals surface area contributed by atoms with E-state index in [-0.39, 0.29) is 0 Å². The lowest BCUT2D eigenvalue weighted by Crippen LogP contribution is -2.82. The third-order valence-corrected chi connectivity index (χ3v) is 6.38. The lowest BCUT2D eigenvalue weighted by Gasteiger charge is -2.58. The second-order valence-corrected chi connectivity index (χ2v) is 7.85. The summed E-state index contributed by atoms with van der Waals surface area (Å²) >= 11 is 0. The average molecular weight is 378 g/mol. The third-order valence-electron chi connectivity index (χ3n) is 6.38. The number of hydrogen-bond acceptors (Lipinski definition) is 3. The second-order valence-electron chi connectivity index (χ2n) is 7.85. The molecular formula is C23H16BFN4. The minimum absolute atomic E-state index is 0.621. The van der Waals surface area contributed by atoms with Crippen molar-refractivity contribution in [1.29, 1.82) is 0 Å². The fraction of sp³-hybridized carbons (Fsp3) is 0.0435. The van der Waals surface area contributed by atoms with E-state index in [1.165, 1.54) is 0 Å². The molecule has 0 saturated carbocycles. The minimum atomic E-state index is -2.86. The number of allylic oxidation sites excluding steroid dienone is 2. The van der Waals surface area contributed by atoms with Crippen molar-refractivity contribution in [3.8, 4) is 0 Å². The number of benzene rings is 2. The van der Waals surface area contributed by atoms with Crippen LogP contribution in [0, 0.1) is 0 Å². The van der Waals surface area contributed by atoms with Gasteiger partial charge in [-0.05, 0) is 34.3 Å². The molecule has 0 aliphatic carbocycles. The number of para-hydroxylation sites is 2. The van der Waals surface area contributed by atoms with Crippen molar-refractivity contribution in [1.82, 2.24) is 4.81 Å². The first-order chi connectivity index (χ1) is 14.3. The quantitative estimate of drug-likeness (QED) is 0.546. The van der Waals surface area contributed by atoms with E-state index in [9.17, 15) is 0 Å². The Morgan fingerprint density at radius 1 is 0.931 bits per heavy atom.